The average molecular weight is 200 g/mol. The maximum atomic E-state index is 5.60. The molecule has 2 aliphatic rings. The molecule has 0 aliphatic carbocycles. The highest BCUT2D eigenvalue weighted by atomic mass is 16.5. The molecule has 0 N–H and O–H groups in total. The number of benzene rings is 1. The van der Waals surface area contributed by atoms with Gasteiger partial charge in [0.1, 0.15) is 5.75 Å². The van der Waals surface area contributed by atoms with Gasteiger partial charge in [-0.05, 0) is 13.0 Å². The van der Waals surface area contributed by atoms with E-state index in [4.69, 9.17) is 4.74 Å². The van der Waals surface area contributed by atoms with Gasteiger partial charge in [-0.3, -0.25) is 9.98 Å². The fourth-order valence-corrected chi connectivity index (χ4v) is 2.16. The van der Waals surface area contributed by atoms with Crippen molar-refractivity contribution in [2.45, 2.75) is 19.0 Å². The fraction of sp³-hybridized carbons (Fsp3) is 0.333. The van der Waals surface area contributed by atoms with Gasteiger partial charge in [0, 0.05) is 18.2 Å². The predicted octanol–water partition coefficient (Wildman–Crippen LogP) is 2.17. The van der Waals surface area contributed by atoms with Gasteiger partial charge in [-0.15, -0.1) is 0 Å². The van der Waals surface area contributed by atoms with Gasteiger partial charge in [0.2, 0.25) is 0 Å². The molecule has 1 atom stereocenters. The van der Waals surface area contributed by atoms with E-state index in [9.17, 15) is 0 Å². The van der Waals surface area contributed by atoms with E-state index in [0.717, 1.165) is 23.4 Å². The molecule has 76 valence electrons. The summed E-state index contributed by atoms with van der Waals surface area (Å²) in [7, 11) is 0. The lowest BCUT2D eigenvalue weighted by atomic mass is 9.94. The number of hydrogen-bond donors (Lipinski definition) is 0. The van der Waals surface area contributed by atoms with Gasteiger partial charge in [0.15, 0.2) is 5.66 Å². The lowest BCUT2D eigenvalue weighted by molar-refractivity contribution is 0.225. The van der Waals surface area contributed by atoms with Crippen molar-refractivity contribution < 1.29 is 4.74 Å². The van der Waals surface area contributed by atoms with Crippen LogP contribution in [0.3, 0.4) is 0 Å². The van der Waals surface area contributed by atoms with E-state index in [1.807, 2.05) is 37.4 Å². The maximum absolute atomic E-state index is 5.60. The van der Waals surface area contributed by atoms with Gasteiger partial charge in [0.25, 0.3) is 0 Å². The molecule has 0 amide bonds. The van der Waals surface area contributed by atoms with Crippen LogP contribution >= 0.6 is 0 Å². The van der Waals surface area contributed by atoms with E-state index >= 15 is 0 Å². The maximum Gasteiger partial charge on any atom is 0.182 e. The largest absolute Gasteiger partial charge is 0.493 e. The van der Waals surface area contributed by atoms with E-state index in [2.05, 4.69) is 9.98 Å². The summed E-state index contributed by atoms with van der Waals surface area (Å²) in [5.41, 5.74) is 1.69. The van der Waals surface area contributed by atoms with E-state index < -0.39 is 0 Å². The van der Waals surface area contributed by atoms with Crippen LogP contribution in [0.25, 0.3) is 0 Å². The number of nitrogens with zero attached hydrogens (tertiary/aromatic N) is 2. The molecule has 1 aromatic carbocycles. The zero-order chi connectivity index (χ0) is 10.3. The minimum Gasteiger partial charge on any atom is -0.493 e. The molecule has 0 bridgehead atoms. The lowest BCUT2D eigenvalue weighted by Crippen LogP contribution is -2.27. The quantitative estimate of drug-likeness (QED) is 0.632. The van der Waals surface area contributed by atoms with Gasteiger partial charge in [0.05, 0.1) is 12.3 Å². The van der Waals surface area contributed by atoms with Crippen LogP contribution in [0.4, 0.5) is 0 Å². The van der Waals surface area contributed by atoms with Crippen molar-refractivity contribution in [3.05, 3.63) is 29.8 Å². The second-order valence-corrected chi connectivity index (χ2v) is 3.92. The predicted molar refractivity (Wildman–Crippen MR) is 59.8 cm³/mol. The molecule has 0 saturated heterocycles. The minimum absolute atomic E-state index is 0.390. The van der Waals surface area contributed by atoms with Crippen LogP contribution in [0.5, 0.6) is 5.75 Å². The van der Waals surface area contributed by atoms with E-state index in [1.165, 1.54) is 0 Å². The van der Waals surface area contributed by atoms with Crippen molar-refractivity contribution in [1.82, 2.24) is 0 Å². The Labute approximate surface area is 88.5 Å². The summed E-state index contributed by atoms with van der Waals surface area (Å²) in [5.74, 6) is 0.916. The summed E-state index contributed by atoms with van der Waals surface area (Å²) in [4.78, 5) is 9.18. The van der Waals surface area contributed by atoms with Crippen LogP contribution in [0.2, 0.25) is 0 Å². The van der Waals surface area contributed by atoms with Crippen molar-refractivity contribution >= 4 is 11.9 Å². The topological polar surface area (TPSA) is 34.0 Å². The molecule has 15 heavy (non-hydrogen) atoms. The number of para-hydroxylation sites is 1. The number of hydrogen-bond acceptors (Lipinski definition) is 3. The molecule has 3 heteroatoms. The second kappa shape index (κ2) is 2.92. The Bertz CT molecular complexity index is 464. The molecule has 2 aliphatic heterocycles. The monoisotopic (exact) mass is 200 g/mol. The van der Waals surface area contributed by atoms with Gasteiger partial charge in [-0.2, -0.15) is 0 Å². The number of rotatable bonds is 0. The number of ether oxygens (including phenoxy) is 1. The smallest absolute Gasteiger partial charge is 0.182 e. The standard InChI is InChI=1S/C12H12N2O/c1-9-8-13-12(14-9)6-7-15-11-5-3-2-4-10(11)12/h2-5,8H,6-7H2,1H3. The third kappa shape index (κ3) is 1.19. The Morgan fingerprint density at radius 3 is 3.00 bits per heavy atom. The normalized spacial score (nSPS) is 27.4. The lowest BCUT2D eigenvalue weighted by Gasteiger charge is -2.30. The summed E-state index contributed by atoms with van der Waals surface area (Å²) in [6, 6.07) is 8.02. The van der Waals surface area contributed by atoms with Gasteiger partial charge >= 0.3 is 0 Å². The molecule has 0 saturated carbocycles. The third-order valence-corrected chi connectivity index (χ3v) is 2.85. The Kier molecular flexibility index (Phi) is 1.69. The van der Waals surface area contributed by atoms with Crippen LogP contribution < -0.4 is 4.74 Å². The number of fused-ring (bicyclic) bond motifs is 2. The Balaban J connectivity index is 2.19. The van der Waals surface area contributed by atoms with Crippen LogP contribution in [-0.2, 0) is 5.66 Å². The zero-order valence-electron chi connectivity index (χ0n) is 8.60. The molecule has 3 rings (SSSR count). The van der Waals surface area contributed by atoms with Crippen molar-refractivity contribution in [2.24, 2.45) is 9.98 Å². The van der Waals surface area contributed by atoms with Crippen molar-refractivity contribution in [2.75, 3.05) is 6.61 Å². The van der Waals surface area contributed by atoms with Gasteiger partial charge in [-0.1, -0.05) is 18.2 Å². The SMILES string of the molecule is CC1=NC2(CCOc3ccccc32)N=C1. The fourth-order valence-electron chi connectivity index (χ4n) is 2.16. The summed E-state index contributed by atoms with van der Waals surface area (Å²) < 4.78 is 5.60. The van der Waals surface area contributed by atoms with E-state index in [0.29, 0.717) is 6.61 Å². The Morgan fingerprint density at radius 2 is 2.20 bits per heavy atom. The van der Waals surface area contributed by atoms with Crippen molar-refractivity contribution in [3.63, 3.8) is 0 Å². The molecule has 1 unspecified atom stereocenters. The van der Waals surface area contributed by atoms with E-state index in [-0.39, 0.29) is 5.66 Å². The molecule has 0 fully saturated rings. The van der Waals surface area contributed by atoms with Crippen LogP contribution in [0, 0.1) is 0 Å². The number of aliphatic imine (C=N–C) groups is 2. The summed E-state index contributed by atoms with van der Waals surface area (Å²) in [6.07, 6.45) is 2.68. The van der Waals surface area contributed by atoms with Crippen LogP contribution in [0.1, 0.15) is 18.9 Å². The first kappa shape index (κ1) is 8.65. The van der Waals surface area contributed by atoms with Gasteiger partial charge < -0.3 is 4.74 Å². The highest BCUT2D eigenvalue weighted by Crippen LogP contribution is 2.42. The first-order chi connectivity index (χ1) is 7.30. The summed E-state index contributed by atoms with van der Waals surface area (Å²) in [5, 5.41) is 0. The third-order valence-electron chi connectivity index (χ3n) is 2.85. The van der Waals surface area contributed by atoms with Crippen LogP contribution in [-0.4, -0.2) is 18.5 Å². The molecule has 2 heterocycles. The molecular weight excluding hydrogens is 188 g/mol. The minimum atomic E-state index is -0.390. The van der Waals surface area contributed by atoms with Crippen molar-refractivity contribution in [3.8, 4) is 5.75 Å². The first-order valence-corrected chi connectivity index (χ1v) is 5.14. The van der Waals surface area contributed by atoms with E-state index in [1.54, 1.807) is 0 Å². The zero-order valence-corrected chi connectivity index (χ0v) is 8.60. The molecule has 1 spiro atoms. The second-order valence-electron chi connectivity index (χ2n) is 3.92. The average Bonchev–Trinajstić information content (AvgIpc) is 2.62. The molecule has 3 nitrogen and oxygen atoms in total. The molecule has 1 aromatic rings. The Morgan fingerprint density at radius 1 is 1.33 bits per heavy atom. The van der Waals surface area contributed by atoms with Crippen LogP contribution in [0.15, 0.2) is 34.3 Å². The highest BCUT2D eigenvalue weighted by Gasteiger charge is 2.38. The van der Waals surface area contributed by atoms with Crippen molar-refractivity contribution in [1.29, 1.82) is 0 Å². The summed E-state index contributed by atoms with van der Waals surface area (Å²) in [6.45, 7) is 2.67. The molecular formula is C12H12N2O. The molecule has 0 aromatic heterocycles. The Hall–Kier alpha value is -1.64. The summed E-state index contributed by atoms with van der Waals surface area (Å²) >= 11 is 0. The first-order valence-electron chi connectivity index (χ1n) is 5.14. The molecule has 0 radical (unpaired) electrons. The van der Waals surface area contributed by atoms with Gasteiger partial charge in [-0.25, -0.2) is 0 Å². The highest BCUT2D eigenvalue weighted by molar-refractivity contribution is 6.30.